The van der Waals surface area contributed by atoms with Crippen molar-refractivity contribution in [1.29, 1.82) is 0 Å². The molecule has 0 bridgehead atoms. The number of fused-ring (bicyclic) bond motifs is 1. The van der Waals surface area contributed by atoms with Gasteiger partial charge >= 0.3 is 0 Å². The molecule has 1 unspecified atom stereocenters. The molecule has 4 heteroatoms. The predicted molar refractivity (Wildman–Crippen MR) is 75.2 cm³/mol. The Hall–Kier alpha value is -1.42. The molecule has 0 fully saturated rings. The monoisotopic (exact) mass is 323 g/mol. The minimum atomic E-state index is -0.279. The van der Waals surface area contributed by atoms with Crippen molar-refractivity contribution in [3.05, 3.63) is 63.6 Å². The standard InChI is InChI=1S/C15H12BrF2N/c16-10-2-5-13(18)15(8-10)19-14-6-1-9-7-11(17)3-4-12(9)14/h2-5,7-8,14,19H,1,6H2. The van der Waals surface area contributed by atoms with E-state index in [0.29, 0.717) is 5.69 Å². The molecule has 1 nitrogen and oxygen atoms in total. The van der Waals surface area contributed by atoms with Crippen LogP contribution in [0.5, 0.6) is 0 Å². The Bertz CT molecular complexity index is 628. The zero-order valence-corrected chi connectivity index (χ0v) is 11.7. The second-order valence-corrected chi connectivity index (χ2v) is 5.62. The molecule has 98 valence electrons. The van der Waals surface area contributed by atoms with E-state index in [0.717, 1.165) is 28.4 Å². The Morgan fingerprint density at radius 2 is 1.95 bits per heavy atom. The summed E-state index contributed by atoms with van der Waals surface area (Å²) in [6.07, 6.45) is 1.67. The average Bonchev–Trinajstić information content (AvgIpc) is 2.76. The smallest absolute Gasteiger partial charge is 0.146 e. The molecule has 3 rings (SSSR count). The van der Waals surface area contributed by atoms with E-state index in [1.54, 1.807) is 24.3 Å². The van der Waals surface area contributed by atoms with Crippen molar-refractivity contribution in [1.82, 2.24) is 0 Å². The molecule has 0 aliphatic heterocycles. The summed E-state index contributed by atoms with van der Waals surface area (Å²) in [7, 11) is 0. The summed E-state index contributed by atoms with van der Waals surface area (Å²) in [4.78, 5) is 0. The number of halogens is 3. The third kappa shape index (κ3) is 2.50. The summed E-state index contributed by atoms with van der Waals surface area (Å²) >= 11 is 3.33. The predicted octanol–water partition coefficient (Wildman–Crippen LogP) is 4.83. The molecule has 0 radical (unpaired) electrons. The van der Waals surface area contributed by atoms with Crippen LogP contribution in [0.2, 0.25) is 0 Å². The number of rotatable bonds is 2. The van der Waals surface area contributed by atoms with Crippen molar-refractivity contribution < 1.29 is 8.78 Å². The van der Waals surface area contributed by atoms with E-state index in [1.165, 1.54) is 12.1 Å². The Balaban J connectivity index is 1.88. The molecule has 0 saturated carbocycles. The molecule has 2 aromatic rings. The maximum atomic E-state index is 13.7. The van der Waals surface area contributed by atoms with Crippen molar-refractivity contribution in [3.63, 3.8) is 0 Å². The van der Waals surface area contributed by atoms with Crippen LogP contribution in [0.4, 0.5) is 14.5 Å². The fraction of sp³-hybridized carbons (Fsp3) is 0.200. The zero-order valence-electron chi connectivity index (χ0n) is 10.1. The van der Waals surface area contributed by atoms with Gasteiger partial charge in [-0.05, 0) is 54.3 Å². The van der Waals surface area contributed by atoms with Gasteiger partial charge in [-0.1, -0.05) is 22.0 Å². The first kappa shape index (κ1) is 12.6. The quantitative estimate of drug-likeness (QED) is 0.834. The number of nitrogens with one attached hydrogen (secondary N) is 1. The fourth-order valence-corrected chi connectivity index (χ4v) is 2.89. The van der Waals surface area contributed by atoms with Gasteiger partial charge in [0.25, 0.3) is 0 Å². The van der Waals surface area contributed by atoms with Gasteiger partial charge in [-0.25, -0.2) is 8.78 Å². The fourth-order valence-electron chi connectivity index (χ4n) is 2.53. The van der Waals surface area contributed by atoms with Crippen LogP contribution in [0.1, 0.15) is 23.6 Å². The van der Waals surface area contributed by atoms with Crippen LogP contribution in [0.15, 0.2) is 40.9 Å². The molecule has 0 saturated heterocycles. The van der Waals surface area contributed by atoms with Gasteiger partial charge in [0.05, 0.1) is 11.7 Å². The molecule has 2 aromatic carbocycles. The van der Waals surface area contributed by atoms with Crippen LogP contribution >= 0.6 is 15.9 Å². The van der Waals surface area contributed by atoms with Crippen molar-refractivity contribution >= 4 is 21.6 Å². The van der Waals surface area contributed by atoms with Crippen LogP contribution in [-0.2, 0) is 6.42 Å². The first-order chi connectivity index (χ1) is 9.13. The van der Waals surface area contributed by atoms with Crippen molar-refractivity contribution in [3.8, 4) is 0 Å². The van der Waals surface area contributed by atoms with E-state index in [-0.39, 0.29) is 17.7 Å². The second-order valence-electron chi connectivity index (χ2n) is 4.70. The summed E-state index contributed by atoms with van der Waals surface area (Å²) in [5.41, 5.74) is 2.53. The van der Waals surface area contributed by atoms with Gasteiger partial charge < -0.3 is 5.32 Å². The highest BCUT2D eigenvalue weighted by Crippen LogP contribution is 2.35. The molecule has 0 heterocycles. The highest BCUT2D eigenvalue weighted by Gasteiger charge is 2.23. The molecular formula is C15H12BrF2N. The van der Waals surface area contributed by atoms with Gasteiger partial charge in [0.2, 0.25) is 0 Å². The van der Waals surface area contributed by atoms with Crippen molar-refractivity contribution in [2.75, 3.05) is 5.32 Å². The van der Waals surface area contributed by atoms with Crippen LogP contribution in [0.3, 0.4) is 0 Å². The average molecular weight is 324 g/mol. The van der Waals surface area contributed by atoms with Gasteiger partial charge in [0.1, 0.15) is 11.6 Å². The molecular weight excluding hydrogens is 312 g/mol. The normalized spacial score (nSPS) is 17.3. The van der Waals surface area contributed by atoms with Gasteiger partial charge in [0.15, 0.2) is 0 Å². The molecule has 0 spiro atoms. The number of benzene rings is 2. The molecule has 0 amide bonds. The van der Waals surface area contributed by atoms with E-state index in [2.05, 4.69) is 21.2 Å². The molecule has 1 aliphatic rings. The maximum Gasteiger partial charge on any atom is 0.146 e. The molecule has 0 aromatic heterocycles. The van der Waals surface area contributed by atoms with Crippen LogP contribution in [0.25, 0.3) is 0 Å². The van der Waals surface area contributed by atoms with E-state index in [1.807, 2.05) is 0 Å². The lowest BCUT2D eigenvalue weighted by Gasteiger charge is -2.16. The Labute approximate surface area is 118 Å². The highest BCUT2D eigenvalue weighted by molar-refractivity contribution is 9.10. The number of hydrogen-bond donors (Lipinski definition) is 1. The van der Waals surface area contributed by atoms with Gasteiger partial charge in [0, 0.05) is 4.47 Å². The summed E-state index contributed by atoms with van der Waals surface area (Å²) in [5.74, 6) is -0.494. The maximum absolute atomic E-state index is 13.7. The van der Waals surface area contributed by atoms with E-state index >= 15 is 0 Å². The van der Waals surface area contributed by atoms with Crippen molar-refractivity contribution in [2.24, 2.45) is 0 Å². The minimum Gasteiger partial charge on any atom is -0.376 e. The first-order valence-corrected chi connectivity index (χ1v) is 6.93. The van der Waals surface area contributed by atoms with E-state index in [4.69, 9.17) is 0 Å². The largest absolute Gasteiger partial charge is 0.376 e. The van der Waals surface area contributed by atoms with Crippen LogP contribution in [-0.4, -0.2) is 0 Å². The lowest BCUT2D eigenvalue weighted by Crippen LogP contribution is -2.08. The van der Waals surface area contributed by atoms with Crippen LogP contribution < -0.4 is 5.32 Å². The van der Waals surface area contributed by atoms with Gasteiger partial charge in [-0.2, -0.15) is 0 Å². The zero-order chi connectivity index (χ0) is 13.4. The molecule has 1 aliphatic carbocycles. The lowest BCUT2D eigenvalue weighted by atomic mass is 10.1. The number of aryl methyl sites for hydroxylation is 1. The Morgan fingerprint density at radius 3 is 2.79 bits per heavy atom. The second kappa shape index (κ2) is 4.93. The SMILES string of the molecule is Fc1ccc2c(c1)CCC2Nc1cc(Br)ccc1F. The third-order valence-corrected chi connectivity index (χ3v) is 3.93. The molecule has 19 heavy (non-hydrogen) atoms. The molecule has 1 N–H and O–H groups in total. The highest BCUT2D eigenvalue weighted by atomic mass is 79.9. The summed E-state index contributed by atoms with van der Waals surface area (Å²) in [5, 5.41) is 3.20. The van der Waals surface area contributed by atoms with Gasteiger partial charge in [-0.15, -0.1) is 0 Å². The number of hydrogen-bond acceptors (Lipinski definition) is 1. The Kier molecular flexibility index (Phi) is 3.27. The lowest BCUT2D eigenvalue weighted by molar-refractivity contribution is 0.623. The van der Waals surface area contributed by atoms with E-state index < -0.39 is 0 Å². The summed E-state index contributed by atoms with van der Waals surface area (Å²) in [6, 6.07) is 9.65. The van der Waals surface area contributed by atoms with Crippen LogP contribution in [0, 0.1) is 11.6 Å². The summed E-state index contributed by atoms with van der Waals surface area (Å²) < 4.78 is 27.7. The number of anilines is 1. The van der Waals surface area contributed by atoms with Crippen molar-refractivity contribution in [2.45, 2.75) is 18.9 Å². The minimum absolute atomic E-state index is 0.0411. The molecule has 1 atom stereocenters. The topological polar surface area (TPSA) is 12.0 Å². The first-order valence-electron chi connectivity index (χ1n) is 6.13. The third-order valence-electron chi connectivity index (χ3n) is 3.44. The van der Waals surface area contributed by atoms with Gasteiger partial charge in [-0.3, -0.25) is 0 Å². The van der Waals surface area contributed by atoms with E-state index in [9.17, 15) is 8.78 Å². The summed E-state index contributed by atoms with van der Waals surface area (Å²) in [6.45, 7) is 0. The Morgan fingerprint density at radius 1 is 1.11 bits per heavy atom.